The zero-order chi connectivity index (χ0) is 22.9. The van der Waals surface area contributed by atoms with Crippen LogP contribution in [-0.2, 0) is 13.1 Å². The van der Waals surface area contributed by atoms with Crippen LogP contribution in [0.1, 0.15) is 30.9 Å². The lowest BCUT2D eigenvalue weighted by molar-refractivity contribution is 0.129. The summed E-state index contributed by atoms with van der Waals surface area (Å²) in [5.41, 5.74) is 2.26. The molecule has 0 atom stereocenters. The molecule has 0 radical (unpaired) electrons. The molecule has 0 bridgehead atoms. The van der Waals surface area contributed by atoms with Crippen LogP contribution in [0.5, 0.6) is 5.75 Å². The summed E-state index contributed by atoms with van der Waals surface area (Å²) in [6.07, 6.45) is 4.02. The van der Waals surface area contributed by atoms with Gasteiger partial charge in [-0.05, 0) is 36.2 Å². The van der Waals surface area contributed by atoms with Crippen molar-refractivity contribution in [1.29, 1.82) is 0 Å². The van der Waals surface area contributed by atoms with E-state index >= 15 is 0 Å². The van der Waals surface area contributed by atoms with Crippen molar-refractivity contribution in [3.05, 3.63) is 100 Å². The van der Waals surface area contributed by atoms with Crippen LogP contribution in [-0.4, -0.2) is 41.2 Å². The van der Waals surface area contributed by atoms with Crippen molar-refractivity contribution in [2.24, 2.45) is 4.99 Å². The number of piperidine rings is 1. The van der Waals surface area contributed by atoms with E-state index < -0.39 is 0 Å². The fourth-order valence-electron chi connectivity index (χ4n) is 4.01. The van der Waals surface area contributed by atoms with Crippen LogP contribution in [0.3, 0.4) is 0 Å². The summed E-state index contributed by atoms with van der Waals surface area (Å²) in [5.74, 6) is 1.90. The maximum absolute atomic E-state index is 11.9. The summed E-state index contributed by atoms with van der Waals surface area (Å²) < 4.78 is 7.84. The second kappa shape index (κ2) is 11.4. The SMILES string of the molecule is CCNC(=NCc1ccc(Cn2ccccc2=O)cc1)N1CCC(Oc2ccccc2)CC1. The van der Waals surface area contributed by atoms with E-state index in [1.54, 1.807) is 16.7 Å². The first-order valence-corrected chi connectivity index (χ1v) is 11.7. The summed E-state index contributed by atoms with van der Waals surface area (Å²) >= 11 is 0. The molecule has 0 aliphatic carbocycles. The molecule has 172 valence electrons. The molecule has 33 heavy (non-hydrogen) atoms. The van der Waals surface area contributed by atoms with Crippen molar-refractivity contribution in [3.8, 4) is 5.75 Å². The number of pyridine rings is 1. The van der Waals surface area contributed by atoms with Crippen LogP contribution >= 0.6 is 0 Å². The lowest BCUT2D eigenvalue weighted by atomic mass is 10.1. The quantitative estimate of drug-likeness (QED) is 0.444. The highest BCUT2D eigenvalue weighted by atomic mass is 16.5. The summed E-state index contributed by atoms with van der Waals surface area (Å²) in [7, 11) is 0. The third-order valence-electron chi connectivity index (χ3n) is 5.81. The molecule has 6 heteroatoms. The number of likely N-dealkylation sites (tertiary alicyclic amines) is 1. The molecule has 1 aromatic heterocycles. The molecule has 3 aromatic rings. The van der Waals surface area contributed by atoms with Gasteiger partial charge in [0.2, 0.25) is 0 Å². The van der Waals surface area contributed by atoms with E-state index in [9.17, 15) is 4.79 Å². The van der Waals surface area contributed by atoms with E-state index in [2.05, 4.69) is 41.4 Å². The smallest absolute Gasteiger partial charge is 0.250 e. The number of benzene rings is 2. The average Bonchev–Trinajstić information content (AvgIpc) is 2.85. The number of rotatable bonds is 7. The van der Waals surface area contributed by atoms with Crippen molar-refractivity contribution < 1.29 is 4.74 Å². The van der Waals surface area contributed by atoms with Crippen molar-refractivity contribution in [3.63, 3.8) is 0 Å². The molecule has 0 unspecified atom stereocenters. The fraction of sp³-hybridized carbons (Fsp3) is 0.333. The van der Waals surface area contributed by atoms with Crippen molar-refractivity contribution >= 4 is 5.96 Å². The Morgan fingerprint density at radius 2 is 1.67 bits per heavy atom. The van der Waals surface area contributed by atoms with E-state index in [0.29, 0.717) is 13.1 Å². The van der Waals surface area contributed by atoms with Crippen LogP contribution in [0.2, 0.25) is 0 Å². The first-order chi connectivity index (χ1) is 16.2. The molecular weight excluding hydrogens is 412 g/mol. The normalized spacial score (nSPS) is 14.8. The Bertz CT molecular complexity index is 1080. The van der Waals surface area contributed by atoms with Gasteiger partial charge in [0, 0.05) is 44.7 Å². The van der Waals surface area contributed by atoms with Crippen LogP contribution in [0.15, 0.2) is 88.8 Å². The highest BCUT2D eigenvalue weighted by Gasteiger charge is 2.22. The number of guanidine groups is 1. The van der Waals surface area contributed by atoms with Crippen LogP contribution < -0.4 is 15.6 Å². The molecule has 1 fully saturated rings. The highest BCUT2D eigenvalue weighted by molar-refractivity contribution is 5.80. The number of hydrogen-bond acceptors (Lipinski definition) is 3. The summed E-state index contributed by atoms with van der Waals surface area (Å²) in [4.78, 5) is 19.1. The Kier molecular flexibility index (Phi) is 7.80. The molecule has 0 spiro atoms. The molecule has 2 aromatic carbocycles. The first-order valence-electron chi connectivity index (χ1n) is 11.7. The van der Waals surface area contributed by atoms with Crippen LogP contribution in [0.4, 0.5) is 0 Å². The van der Waals surface area contributed by atoms with E-state index in [0.717, 1.165) is 55.3 Å². The largest absolute Gasteiger partial charge is 0.490 e. The van der Waals surface area contributed by atoms with Gasteiger partial charge in [0.1, 0.15) is 11.9 Å². The second-order valence-electron chi connectivity index (χ2n) is 8.27. The molecule has 1 aliphatic heterocycles. The molecule has 1 N–H and O–H groups in total. The lowest BCUT2D eigenvalue weighted by Crippen LogP contribution is -2.47. The number of aliphatic imine (C=N–C) groups is 1. The van der Waals surface area contributed by atoms with E-state index in [1.807, 2.05) is 42.6 Å². The fourth-order valence-corrected chi connectivity index (χ4v) is 4.01. The number of nitrogens with zero attached hydrogens (tertiary/aromatic N) is 3. The Morgan fingerprint density at radius 3 is 2.36 bits per heavy atom. The Hall–Kier alpha value is -3.54. The zero-order valence-corrected chi connectivity index (χ0v) is 19.2. The molecule has 1 aliphatic rings. The molecule has 1 saturated heterocycles. The van der Waals surface area contributed by atoms with Crippen LogP contribution in [0, 0.1) is 0 Å². The lowest BCUT2D eigenvalue weighted by Gasteiger charge is -2.34. The van der Waals surface area contributed by atoms with Gasteiger partial charge in [0.25, 0.3) is 5.56 Å². The van der Waals surface area contributed by atoms with Gasteiger partial charge in [-0.15, -0.1) is 0 Å². The van der Waals surface area contributed by atoms with Gasteiger partial charge in [-0.25, -0.2) is 4.99 Å². The van der Waals surface area contributed by atoms with E-state index in [1.165, 1.54) is 0 Å². The average molecular weight is 445 g/mol. The maximum atomic E-state index is 11.9. The molecule has 0 saturated carbocycles. The van der Waals surface area contributed by atoms with Crippen molar-refractivity contribution in [2.75, 3.05) is 19.6 Å². The molecule has 4 rings (SSSR count). The van der Waals surface area contributed by atoms with Crippen molar-refractivity contribution in [1.82, 2.24) is 14.8 Å². The summed E-state index contributed by atoms with van der Waals surface area (Å²) in [6.45, 7) is 5.98. The molecular formula is C27H32N4O2. The second-order valence-corrected chi connectivity index (χ2v) is 8.27. The van der Waals surface area contributed by atoms with Gasteiger partial charge < -0.3 is 19.5 Å². The minimum absolute atomic E-state index is 0.0133. The minimum atomic E-state index is 0.0133. The third-order valence-corrected chi connectivity index (χ3v) is 5.81. The number of para-hydroxylation sites is 1. The first kappa shape index (κ1) is 22.6. The topological polar surface area (TPSA) is 58.9 Å². The van der Waals surface area contributed by atoms with Gasteiger partial charge >= 0.3 is 0 Å². The predicted octanol–water partition coefficient (Wildman–Crippen LogP) is 3.91. The molecule has 2 heterocycles. The van der Waals surface area contributed by atoms with Gasteiger partial charge in [-0.1, -0.05) is 48.5 Å². The van der Waals surface area contributed by atoms with Gasteiger partial charge in [-0.3, -0.25) is 4.79 Å². The highest BCUT2D eigenvalue weighted by Crippen LogP contribution is 2.19. The Balaban J connectivity index is 1.32. The van der Waals surface area contributed by atoms with Gasteiger partial charge in [0.05, 0.1) is 13.1 Å². The summed E-state index contributed by atoms with van der Waals surface area (Å²) in [5, 5.41) is 3.43. The Morgan fingerprint density at radius 1 is 0.970 bits per heavy atom. The van der Waals surface area contributed by atoms with Crippen LogP contribution in [0.25, 0.3) is 0 Å². The number of aromatic nitrogens is 1. The zero-order valence-electron chi connectivity index (χ0n) is 19.2. The number of hydrogen-bond donors (Lipinski definition) is 1. The Labute approximate surface area is 195 Å². The third kappa shape index (κ3) is 6.48. The minimum Gasteiger partial charge on any atom is -0.490 e. The van der Waals surface area contributed by atoms with E-state index in [4.69, 9.17) is 9.73 Å². The monoisotopic (exact) mass is 444 g/mol. The maximum Gasteiger partial charge on any atom is 0.250 e. The number of ether oxygens (including phenoxy) is 1. The van der Waals surface area contributed by atoms with E-state index in [-0.39, 0.29) is 11.7 Å². The van der Waals surface area contributed by atoms with Crippen molar-refractivity contribution in [2.45, 2.75) is 39.0 Å². The van der Waals surface area contributed by atoms with Gasteiger partial charge in [-0.2, -0.15) is 0 Å². The summed E-state index contributed by atoms with van der Waals surface area (Å²) in [6, 6.07) is 23.6. The number of nitrogens with one attached hydrogen (secondary N) is 1. The van der Waals surface area contributed by atoms with Gasteiger partial charge in [0.15, 0.2) is 5.96 Å². The standard InChI is InChI=1S/C27H32N4O2/c1-2-28-27(30-18-15-25(16-19-30)33-24-8-4-3-5-9-24)29-20-22-11-13-23(14-12-22)21-31-17-7-6-10-26(31)32/h3-14,17,25H,2,15-16,18-21H2,1H3,(H,28,29). The molecule has 6 nitrogen and oxygen atoms in total. The molecule has 0 amide bonds. The predicted molar refractivity (Wildman–Crippen MR) is 133 cm³/mol.